The fourth-order valence-corrected chi connectivity index (χ4v) is 2.09. The van der Waals surface area contributed by atoms with Gasteiger partial charge in [0.1, 0.15) is 6.10 Å². The lowest BCUT2D eigenvalue weighted by Crippen LogP contribution is -2.44. The van der Waals surface area contributed by atoms with Crippen LogP contribution in [0.5, 0.6) is 0 Å². The van der Waals surface area contributed by atoms with Gasteiger partial charge in [0.25, 0.3) is 0 Å². The molecular formula is C9H14O5. The Morgan fingerprint density at radius 3 is 3.07 bits per heavy atom. The van der Waals surface area contributed by atoms with Gasteiger partial charge in [0.05, 0.1) is 19.1 Å². The van der Waals surface area contributed by atoms with Gasteiger partial charge in [0, 0.05) is 19.4 Å². The number of hydrogen-bond donors (Lipinski definition) is 1. The van der Waals surface area contributed by atoms with Crippen LogP contribution in [-0.2, 0) is 19.0 Å². The van der Waals surface area contributed by atoms with E-state index >= 15 is 0 Å². The molecule has 0 aromatic rings. The molecule has 80 valence electrons. The van der Waals surface area contributed by atoms with Crippen LogP contribution in [0.3, 0.4) is 0 Å². The lowest BCUT2D eigenvalue weighted by molar-refractivity contribution is -0.224. The molecule has 2 fully saturated rings. The number of methoxy groups -OCH3 is 1. The number of fused-ring (bicyclic) bond motifs is 1. The largest absolute Gasteiger partial charge is 0.462 e. The first-order chi connectivity index (χ1) is 6.74. The van der Waals surface area contributed by atoms with Crippen molar-refractivity contribution in [1.82, 2.24) is 0 Å². The Morgan fingerprint density at radius 1 is 1.64 bits per heavy atom. The van der Waals surface area contributed by atoms with E-state index < -0.39 is 0 Å². The smallest absolute Gasteiger partial charge is 0.306 e. The molecule has 1 N–H and O–H groups in total. The van der Waals surface area contributed by atoms with E-state index in [1.54, 1.807) is 0 Å². The quantitative estimate of drug-likeness (QED) is 0.621. The SMILES string of the molecule is CO[C@@H]1C[C@H]2OC(=O)C[C@H]2[C@H](CO)O1. The Bertz CT molecular complexity index is 229. The number of aliphatic hydroxyl groups excluding tert-OH is 1. The summed E-state index contributed by atoms with van der Waals surface area (Å²) < 4.78 is 15.6. The molecular weight excluding hydrogens is 188 g/mol. The molecule has 0 saturated carbocycles. The monoisotopic (exact) mass is 202 g/mol. The summed E-state index contributed by atoms with van der Waals surface area (Å²) >= 11 is 0. The molecule has 0 aromatic carbocycles. The summed E-state index contributed by atoms with van der Waals surface area (Å²) in [7, 11) is 1.54. The van der Waals surface area contributed by atoms with Crippen molar-refractivity contribution in [3.8, 4) is 0 Å². The normalized spacial score (nSPS) is 42.0. The fourth-order valence-electron chi connectivity index (χ4n) is 2.09. The van der Waals surface area contributed by atoms with Gasteiger partial charge in [-0.05, 0) is 0 Å². The topological polar surface area (TPSA) is 65.0 Å². The molecule has 14 heavy (non-hydrogen) atoms. The van der Waals surface area contributed by atoms with Crippen molar-refractivity contribution >= 4 is 5.97 Å². The maximum atomic E-state index is 11.1. The van der Waals surface area contributed by atoms with E-state index in [9.17, 15) is 4.79 Å². The molecule has 0 bridgehead atoms. The number of rotatable bonds is 2. The van der Waals surface area contributed by atoms with Crippen molar-refractivity contribution in [2.24, 2.45) is 5.92 Å². The minimum Gasteiger partial charge on any atom is -0.462 e. The van der Waals surface area contributed by atoms with Gasteiger partial charge >= 0.3 is 5.97 Å². The van der Waals surface area contributed by atoms with Gasteiger partial charge in [-0.1, -0.05) is 0 Å². The first-order valence-corrected chi connectivity index (χ1v) is 4.73. The van der Waals surface area contributed by atoms with E-state index in [0.29, 0.717) is 12.8 Å². The highest BCUT2D eigenvalue weighted by molar-refractivity contribution is 5.72. The van der Waals surface area contributed by atoms with Crippen molar-refractivity contribution in [2.75, 3.05) is 13.7 Å². The van der Waals surface area contributed by atoms with Crippen molar-refractivity contribution in [3.05, 3.63) is 0 Å². The van der Waals surface area contributed by atoms with Gasteiger partial charge in [-0.2, -0.15) is 0 Å². The number of carbonyl (C=O) groups is 1. The number of carbonyl (C=O) groups excluding carboxylic acids is 1. The second kappa shape index (κ2) is 3.84. The van der Waals surface area contributed by atoms with Crippen molar-refractivity contribution in [1.29, 1.82) is 0 Å². The Hall–Kier alpha value is -0.650. The predicted octanol–water partition coefficient (Wildman–Crippen LogP) is -0.328. The Kier molecular flexibility index (Phi) is 2.71. The van der Waals surface area contributed by atoms with E-state index in [4.69, 9.17) is 19.3 Å². The second-order valence-corrected chi connectivity index (χ2v) is 3.65. The third-order valence-electron chi connectivity index (χ3n) is 2.83. The maximum absolute atomic E-state index is 11.1. The van der Waals surface area contributed by atoms with Crippen molar-refractivity contribution < 1.29 is 24.1 Å². The van der Waals surface area contributed by atoms with E-state index in [1.807, 2.05) is 0 Å². The Labute approximate surface area is 81.9 Å². The van der Waals surface area contributed by atoms with Crippen LogP contribution in [0.15, 0.2) is 0 Å². The van der Waals surface area contributed by atoms with Crippen molar-refractivity contribution in [3.63, 3.8) is 0 Å². The van der Waals surface area contributed by atoms with Crippen LogP contribution >= 0.6 is 0 Å². The lowest BCUT2D eigenvalue weighted by atomic mass is 9.90. The molecule has 5 nitrogen and oxygen atoms in total. The minimum atomic E-state index is -0.376. The number of aliphatic hydroxyl groups is 1. The molecule has 0 unspecified atom stereocenters. The summed E-state index contributed by atoms with van der Waals surface area (Å²) in [4.78, 5) is 11.1. The highest BCUT2D eigenvalue weighted by atomic mass is 16.7. The van der Waals surface area contributed by atoms with Gasteiger partial charge in [0.15, 0.2) is 6.29 Å². The molecule has 0 aromatic heterocycles. The molecule has 0 aliphatic carbocycles. The number of ether oxygens (including phenoxy) is 3. The fraction of sp³-hybridized carbons (Fsp3) is 0.889. The van der Waals surface area contributed by atoms with Gasteiger partial charge < -0.3 is 19.3 Å². The average molecular weight is 202 g/mol. The maximum Gasteiger partial charge on any atom is 0.306 e. The summed E-state index contributed by atoms with van der Waals surface area (Å²) in [6.07, 6.45) is 0.0261. The van der Waals surface area contributed by atoms with Gasteiger partial charge in [-0.25, -0.2) is 0 Å². The predicted molar refractivity (Wildman–Crippen MR) is 45.4 cm³/mol. The highest BCUT2D eigenvalue weighted by Crippen LogP contribution is 2.35. The molecule has 4 atom stereocenters. The van der Waals surface area contributed by atoms with E-state index in [2.05, 4.69) is 0 Å². The Morgan fingerprint density at radius 2 is 2.43 bits per heavy atom. The molecule has 0 spiro atoms. The molecule has 2 saturated heterocycles. The Balaban J connectivity index is 2.07. The molecule has 2 heterocycles. The molecule has 0 radical (unpaired) electrons. The van der Waals surface area contributed by atoms with E-state index in [0.717, 1.165) is 0 Å². The third kappa shape index (κ3) is 1.63. The summed E-state index contributed by atoms with van der Waals surface area (Å²) in [5, 5.41) is 9.09. The average Bonchev–Trinajstić information content (AvgIpc) is 2.56. The summed E-state index contributed by atoms with van der Waals surface area (Å²) in [6.45, 7) is -0.0995. The van der Waals surface area contributed by atoms with Crippen LogP contribution in [0.1, 0.15) is 12.8 Å². The van der Waals surface area contributed by atoms with Crippen LogP contribution in [0, 0.1) is 5.92 Å². The molecule has 2 rings (SSSR count). The van der Waals surface area contributed by atoms with Crippen LogP contribution in [0.25, 0.3) is 0 Å². The molecule has 0 amide bonds. The molecule has 5 heteroatoms. The van der Waals surface area contributed by atoms with Gasteiger partial charge in [-0.3, -0.25) is 4.79 Å². The zero-order valence-corrected chi connectivity index (χ0v) is 8.01. The summed E-state index contributed by atoms with van der Waals surface area (Å²) in [5.41, 5.74) is 0. The third-order valence-corrected chi connectivity index (χ3v) is 2.83. The van der Waals surface area contributed by atoms with Crippen LogP contribution in [-0.4, -0.2) is 43.3 Å². The second-order valence-electron chi connectivity index (χ2n) is 3.65. The first-order valence-electron chi connectivity index (χ1n) is 4.73. The molecule has 2 aliphatic heterocycles. The van der Waals surface area contributed by atoms with Gasteiger partial charge in [0.2, 0.25) is 0 Å². The zero-order chi connectivity index (χ0) is 10.1. The lowest BCUT2D eigenvalue weighted by Gasteiger charge is -2.35. The van der Waals surface area contributed by atoms with Gasteiger partial charge in [-0.15, -0.1) is 0 Å². The van der Waals surface area contributed by atoms with Crippen LogP contribution in [0.4, 0.5) is 0 Å². The van der Waals surface area contributed by atoms with E-state index in [-0.39, 0.29) is 37.0 Å². The zero-order valence-electron chi connectivity index (χ0n) is 8.01. The molecule has 2 aliphatic rings. The number of hydrogen-bond acceptors (Lipinski definition) is 5. The highest BCUT2D eigenvalue weighted by Gasteiger charge is 2.46. The minimum absolute atomic E-state index is 0.0149. The van der Waals surface area contributed by atoms with Crippen LogP contribution in [0.2, 0.25) is 0 Å². The first kappa shape index (κ1) is 9.89. The van der Waals surface area contributed by atoms with Crippen LogP contribution < -0.4 is 0 Å². The van der Waals surface area contributed by atoms with E-state index in [1.165, 1.54) is 7.11 Å². The number of esters is 1. The summed E-state index contributed by atoms with van der Waals surface area (Å²) in [6, 6.07) is 0. The van der Waals surface area contributed by atoms with Crippen molar-refractivity contribution in [2.45, 2.75) is 31.3 Å². The summed E-state index contributed by atoms with van der Waals surface area (Å²) in [5.74, 6) is -0.224. The standard InChI is InChI=1S/C9H14O5/c1-12-9-3-6-5(2-8(11)13-6)7(4-10)14-9/h5-7,9-10H,2-4H2,1H3/t5-,6-,7+,9+/m1/s1.